The molecule has 0 aliphatic heterocycles. The van der Waals surface area contributed by atoms with Crippen molar-refractivity contribution < 1.29 is 17.6 Å². The number of para-hydroxylation sites is 1. The highest BCUT2D eigenvalue weighted by atomic mass is 35.5. The van der Waals surface area contributed by atoms with Gasteiger partial charge in [-0.2, -0.15) is 0 Å². The van der Waals surface area contributed by atoms with Gasteiger partial charge in [0, 0.05) is 29.2 Å². The van der Waals surface area contributed by atoms with Crippen molar-refractivity contribution in [3.8, 4) is 0 Å². The molecule has 4 aromatic rings. The van der Waals surface area contributed by atoms with Crippen LogP contribution in [0, 0.1) is 5.82 Å². The van der Waals surface area contributed by atoms with Crippen molar-refractivity contribution in [3.05, 3.63) is 94.9 Å². The van der Waals surface area contributed by atoms with Crippen LogP contribution in [-0.4, -0.2) is 25.9 Å². The van der Waals surface area contributed by atoms with E-state index in [1.165, 1.54) is 29.1 Å². The molecule has 0 aliphatic carbocycles. The van der Waals surface area contributed by atoms with Gasteiger partial charge < -0.3 is 10.3 Å². The second-order valence-electron chi connectivity index (χ2n) is 7.47. The average Bonchev–Trinajstić information content (AvgIpc) is 3.21. The summed E-state index contributed by atoms with van der Waals surface area (Å²) in [7, 11) is -3.99. The van der Waals surface area contributed by atoms with Crippen LogP contribution in [0.25, 0.3) is 10.9 Å². The van der Waals surface area contributed by atoms with Gasteiger partial charge in [-0.1, -0.05) is 29.8 Å². The number of carbonyl (C=O) groups is 1. The number of sulfonamides is 1. The number of halogens is 2. The summed E-state index contributed by atoms with van der Waals surface area (Å²) < 4.78 is 40.6. The maximum absolute atomic E-state index is 13.1. The van der Waals surface area contributed by atoms with E-state index < -0.39 is 15.8 Å². The van der Waals surface area contributed by atoms with Gasteiger partial charge in [0.05, 0.1) is 15.6 Å². The molecule has 0 fully saturated rings. The fourth-order valence-corrected chi connectivity index (χ4v) is 4.77. The zero-order valence-electron chi connectivity index (χ0n) is 17.4. The minimum atomic E-state index is -3.99. The highest BCUT2D eigenvalue weighted by Crippen LogP contribution is 2.26. The van der Waals surface area contributed by atoms with Crippen LogP contribution in [0.4, 0.5) is 10.1 Å². The Morgan fingerprint density at radius 2 is 1.79 bits per heavy atom. The second-order valence-corrected chi connectivity index (χ2v) is 9.56. The lowest BCUT2D eigenvalue weighted by Crippen LogP contribution is -2.25. The number of H-pyrrole nitrogens is 1. The van der Waals surface area contributed by atoms with Gasteiger partial charge in [-0.25, -0.2) is 12.8 Å². The van der Waals surface area contributed by atoms with Crippen LogP contribution in [0.5, 0.6) is 0 Å². The number of anilines is 1. The molecular weight excluding hydrogens is 465 g/mol. The molecule has 3 N–H and O–H groups in total. The second kappa shape index (κ2) is 9.64. The molecule has 0 aliphatic rings. The molecule has 0 spiro atoms. The number of rotatable bonds is 8. The molecule has 0 unspecified atom stereocenters. The number of nitrogens with one attached hydrogen (secondary N) is 3. The van der Waals surface area contributed by atoms with Crippen LogP contribution in [0.1, 0.15) is 22.3 Å². The zero-order chi connectivity index (χ0) is 23.4. The van der Waals surface area contributed by atoms with E-state index in [-0.39, 0.29) is 27.1 Å². The minimum absolute atomic E-state index is 0.0624. The van der Waals surface area contributed by atoms with Gasteiger partial charge in [0.25, 0.3) is 15.9 Å². The summed E-state index contributed by atoms with van der Waals surface area (Å²) in [6.07, 6.45) is 3.52. The Kier molecular flexibility index (Phi) is 6.67. The van der Waals surface area contributed by atoms with Crippen LogP contribution in [0.2, 0.25) is 5.02 Å². The van der Waals surface area contributed by atoms with Crippen LogP contribution in [0.3, 0.4) is 0 Å². The number of aromatic amines is 1. The number of hydrogen-bond acceptors (Lipinski definition) is 3. The molecule has 0 saturated heterocycles. The molecule has 0 atom stereocenters. The highest BCUT2D eigenvalue weighted by Gasteiger charge is 2.17. The monoisotopic (exact) mass is 485 g/mol. The number of aryl methyl sites for hydroxylation is 1. The Bertz CT molecular complexity index is 1400. The summed E-state index contributed by atoms with van der Waals surface area (Å²) in [4.78, 5) is 15.7. The smallest absolute Gasteiger partial charge is 0.261 e. The third-order valence-electron chi connectivity index (χ3n) is 5.18. The summed E-state index contributed by atoms with van der Waals surface area (Å²) >= 11 is 6.13. The summed E-state index contributed by atoms with van der Waals surface area (Å²) in [5.41, 5.74) is 2.59. The summed E-state index contributed by atoms with van der Waals surface area (Å²) in [5, 5.41) is 4.15. The standard InChI is InChI=1S/C24H21ClFN3O3S/c25-21-12-7-16(14-23(21)29-33(31,32)19-10-8-18(26)9-11-19)24(30)27-13-3-4-17-15-28-22-6-2-1-5-20(17)22/h1-2,5-12,14-15,28-29H,3-4,13H2,(H,27,30). The van der Waals surface area contributed by atoms with E-state index in [1.54, 1.807) is 0 Å². The van der Waals surface area contributed by atoms with Crippen molar-refractivity contribution in [1.29, 1.82) is 0 Å². The average molecular weight is 486 g/mol. The summed E-state index contributed by atoms with van der Waals surface area (Å²) in [5.74, 6) is -0.886. The fraction of sp³-hybridized carbons (Fsp3) is 0.125. The molecule has 4 rings (SSSR count). The van der Waals surface area contributed by atoms with Crippen LogP contribution in [0.15, 0.2) is 77.8 Å². The van der Waals surface area contributed by atoms with E-state index in [0.29, 0.717) is 6.54 Å². The van der Waals surface area contributed by atoms with Crippen LogP contribution in [-0.2, 0) is 16.4 Å². The lowest BCUT2D eigenvalue weighted by molar-refractivity contribution is 0.0953. The predicted molar refractivity (Wildman–Crippen MR) is 128 cm³/mol. The van der Waals surface area contributed by atoms with Crippen molar-refractivity contribution >= 4 is 44.1 Å². The maximum Gasteiger partial charge on any atom is 0.261 e. The molecule has 1 heterocycles. The molecule has 1 aromatic heterocycles. The van der Waals surface area contributed by atoms with Crippen molar-refractivity contribution in [2.24, 2.45) is 0 Å². The molecular formula is C24H21ClFN3O3S. The summed E-state index contributed by atoms with van der Waals surface area (Å²) in [6, 6.07) is 16.8. The number of hydrogen-bond donors (Lipinski definition) is 3. The number of carbonyl (C=O) groups excluding carboxylic acids is 1. The maximum atomic E-state index is 13.1. The van der Waals surface area contributed by atoms with Gasteiger partial charge in [0.15, 0.2) is 0 Å². The van der Waals surface area contributed by atoms with Crippen molar-refractivity contribution in [1.82, 2.24) is 10.3 Å². The van der Waals surface area contributed by atoms with Crippen LogP contribution < -0.4 is 10.0 Å². The van der Waals surface area contributed by atoms with Crippen molar-refractivity contribution in [3.63, 3.8) is 0 Å². The number of aromatic nitrogens is 1. The number of fused-ring (bicyclic) bond motifs is 1. The lowest BCUT2D eigenvalue weighted by Gasteiger charge is -2.12. The van der Waals surface area contributed by atoms with Gasteiger partial charge in [-0.3, -0.25) is 9.52 Å². The number of benzene rings is 3. The Balaban J connectivity index is 1.38. The zero-order valence-corrected chi connectivity index (χ0v) is 19.0. The molecule has 1 amide bonds. The van der Waals surface area contributed by atoms with E-state index in [9.17, 15) is 17.6 Å². The van der Waals surface area contributed by atoms with E-state index in [0.717, 1.165) is 42.6 Å². The normalized spacial score (nSPS) is 11.5. The Labute approximate surface area is 195 Å². The Hall–Kier alpha value is -3.36. The van der Waals surface area contributed by atoms with Gasteiger partial charge in [0.2, 0.25) is 0 Å². The molecule has 3 aromatic carbocycles. The third-order valence-corrected chi connectivity index (χ3v) is 6.89. The van der Waals surface area contributed by atoms with E-state index in [1.807, 2.05) is 24.4 Å². The third kappa shape index (κ3) is 5.35. The fourth-order valence-electron chi connectivity index (χ4n) is 3.48. The number of amides is 1. The quantitative estimate of drug-likeness (QED) is 0.302. The first-order chi connectivity index (χ1) is 15.8. The topological polar surface area (TPSA) is 91.1 Å². The molecule has 0 saturated carbocycles. The minimum Gasteiger partial charge on any atom is -0.361 e. The Morgan fingerprint density at radius 3 is 2.58 bits per heavy atom. The molecule has 170 valence electrons. The molecule has 0 bridgehead atoms. The van der Waals surface area contributed by atoms with E-state index in [4.69, 9.17) is 11.6 Å². The van der Waals surface area contributed by atoms with Crippen molar-refractivity contribution in [2.45, 2.75) is 17.7 Å². The van der Waals surface area contributed by atoms with E-state index in [2.05, 4.69) is 21.1 Å². The first kappa shape index (κ1) is 22.8. The van der Waals surface area contributed by atoms with Gasteiger partial charge >= 0.3 is 0 Å². The first-order valence-electron chi connectivity index (χ1n) is 10.2. The SMILES string of the molecule is O=C(NCCCc1c[nH]c2ccccc12)c1ccc(Cl)c(NS(=O)(=O)c2ccc(F)cc2)c1. The van der Waals surface area contributed by atoms with Gasteiger partial charge in [-0.05, 0) is 66.9 Å². The van der Waals surface area contributed by atoms with Gasteiger partial charge in [-0.15, -0.1) is 0 Å². The first-order valence-corrected chi connectivity index (χ1v) is 12.1. The highest BCUT2D eigenvalue weighted by molar-refractivity contribution is 7.92. The van der Waals surface area contributed by atoms with Crippen molar-refractivity contribution in [2.75, 3.05) is 11.3 Å². The lowest BCUT2D eigenvalue weighted by atomic mass is 10.1. The molecule has 6 nitrogen and oxygen atoms in total. The molecule has 33 heavy (non-hydrogen) atoms. The van der Waals surface area contributed by atoms with Gasteiger partial charge in [0.1, 0.15) is 5.82 Å². The molecule has 9 heteroatoms. The Morgan fingerprint density at radius 1 is 1.03 bits per heavy atom. The summed E-state index contributed by atoms with van der Waals surface area (Å²) in [6.45, 7) is 0.456. The predicted octanol–water partition coefficient (Wildman–Crippen LogP) is 5.12. The largest absolute Gasteiger partial charge is 0.361 e. The van der Waals surface area contributed by atoms with E-state index >= 15 is 0 Å². The van der Waals surface area contributed by atoms with Crippen LogP contribution >= 0.6 is 11.6 Å². The molecule has 0 radical (unpaired) electrons.